The number of alkyl halides is 4. The van der Waals surface area contributed by atoms with Crippen molar-refractivity contribution in [1.82, 2.24) is 19.6 Å². The zero-order valence-corrected chi connectivity index (χ0v) is 19.8. The van der Waals surface area contributed by atoms with Crippen molar-refractivity contribution in [3.8, 4) is 11.1 Å². The summed E-state index contributed by atoms with van der Waals surface area (Å²) in [6.45, 7) is -1.31. The van der Waals surface area contributed by atoms with E-state index in [9.17, 15) is 43.9 Å². The van der Waals surface area contributed by atoms with E-state index >= 15 is 0 Å². The van der Waals surface area contributed by atoms with E-state index in [2.05, 4.69) is 15.3 Å². The zero-order valence-electron chi connectivity index (χ0n) is 19.0. The maximum atomic E-state index is 14.4. The lowest BCUT2D eigenvalue weighted by atomic mass is 10.0. The molecule has 2 heterocycles. The predicted molar refractivity (Wildman–Crippen MR) is 118 cm³/mol. The molecular weight excluding hydrogens is 545 g/mol. The molecule has 0 radical (unpaired) electrons. The van der Waals surface area contributed by atoms with E-state index in [1.165, 1.54) is 0 Å². The number of carbonyl (C=O) groups excluding carboxylic acids is 1. The van der Waals surface area contributed by atoms with Gasteiger partial charge in [-0.25, -0.2) is 35.9 Å². The van der Waals surface area contributed by atoms with Crippen molar-refractivity contribution in [3.05, 3.63) is 77.6 Å². The second-order valence-corrected chi connectivity index (χ2v) is 10.2. The van der Waals surface area contributed by atoms with Crippen LogP contribution < -0.4 is 5.32 Å². The molecule has 2 atom stereocenters. The second kappa shape index (κ2) is 10.3. The van der Waals surface area contributed by atoms with Crippen LogP contribution in [0, 0.1) is 17.5 Å². The molecule has 0 saturated carbocycles. The molecule has 1 aliphatic rings. The van der Waals surface area contributed by atoms with Gasteiger partial charge >= 0.3 is 6.18 Å². The molecule has 4 rings (SSSR count). The molecule has 1 saturated heterocycles. The van der Waals surface area contributed by atoms with Gasteiger partial charge in [-0.15, -0.1) is 0 Å². The van der Waals surface area contributed by atoms with Gasteiger partial charge in [-0.05, 0) is 42.0 Å². The van der Waals surface area contributed by atoms with Crippen molar-refractivity contribution in [2.45, 2.75) is 36.3 Å². The van der Waals surface area contributed by atoms with Crippen LogP contribution in [0.1, 0.15) is 17.8 Å². The number of nitrogens with zero attached hydrogens (tertiary/aromatic N) is 3. The van der Waals surface area contributed by atoms with Crippen molar-refractivity contribution in [1.29, 1.82) is 0 Å². The number of hydrogen-bond acceptors (Lipinski definition) is 5. The Labute approximate surface area is 211 Å². The van der Waals surface area contributed by atoms with Crippen molar-refractivity contribution < 1.29 is 43.9 Å². The van der Waals surface area contributed by atoms with Crippen LogP contribution in [0.2, 0.25) is 0 Å². The van der Waals surface area contributed by atoms with Crippen LogP contribution in [-0.4, -0.2) is 47.4 Å². The molecule has 15 heteroatoms. The lowest BCUT2D eigenvalue weighted by molar-refractivity contribution is -0.145. The highest BCUT2D eigenvalue weighted by Crippen LogP contribution is 2.30. The van der Waals surface area contributed by atoms with Gasteiger partial charge in [-0.2, -0.15) is 17.5 Å². The Hall–Kier alpha value is -3.59. The summed E-state index contributed by atoms with van der Waals surface area (Å²) in [6, 6.07) is 3.91. The minimum absolute atomic E-state index is 0.0721. The van der Waals surface area contributed by atoms with Crippen LogP contribution >= 0.6 is 0 Å². The van der Waals surface area contributed by atoms with E-state index in [0.717, 1.165) is 42.7 Å². The lowest BCUT2D eigenvalue weighted by Crippen LogP contribution is -2.45. The first-order valence-corrected chi connectivity index (χ1v) is 12.3. The Morgan fingerprint density at radius 2 is 1.66 bits per heavy atom. The molecule has 1 aliphatic heterocycles. The molecule has 2 aromatic carbocycles. The summed E-state index contributed by atoms with van der Waals surface area (Å²) in [6.07, 6.45) is -5.48. The van der Waals surface area contributed by atoms with E-state index in [0.29, 0.717) is 10.4 Å². The third kappa shape index (κ3) is 5.62. The Balaban J connectivity index is 1.54. The van der Waals surface area contributed by atoms with Gasteiger partial charge in [-0.3, -0.25) is 4.79 Å². The number of sulfonamides is 1. The molecule has 1 aromatic heterocycles. The number of aromatic nitrogens is 2. The van der Waals surface area contributed by atoms with E-state index in [-0.39, 0.29) is 16.0 Å². The quantitative estimate of drug-likeness (QED) is 0.459. The number of amides is 1. The fourth-order valence-corrected chi connectivity index (χ4v) is 5.49. The van der Waals surface area contributed by atoms with Crippen LogP contribution in [0.3, 0.4) is 0 Å². The third-order valence-corrected chi connectivity index (χ3v) is 7.61. The highest BCUT2D eigenvalue weighted by atomic mass is 32.2. The summed E-state index contributed by atoms with van der Waals surface area (Å²) in [5, 5.41) is 2.24. The minimum atomic E-state index is -4.81. The second-order valence-electron chi connectivity index (χ2n) is 8.32. The molecule has 0 unspecified atom stereocenters. The van der Waals surface area contributed by atoms with E-state index < -0.39 is 82.7 Å². The third-order valence-electron chi connectivity index (χ3n) is 5.72. The molecule has 38 heavy (non-hydrogen) atoms. The van der Waals surface area contributed by atoms with Gasteiger partial charge in [0, 0.05) is 43.0 Å². The van der Waals surface area contributed by atoms with Gasteiger partial charge in [0.25, 0.3) is 0 Å². The first-order chi connectivity index (χ1) is 17.8. The van der Waals surface area contributed by atoms with Gasteiger partial charge in [0.1, 0.15) is 18.0 Å². The van der Waals surface area contributed by atoms with E-state index in [1.54, 1.807) is 0 Å². The summed E-state index contributed by atoms with van der Waals surface area (Å²) in [5.41, 5.74) is -0.583. The molecule has 0 aliphatic carbocycles. The molecular formula is C23H17F7N4O3S. The molecule has 0 spiro atoms. The van der Waals surface area contributed by atoms with Gasteiger partial charge < -0.3 is 5.32 Å². The van der Waals surface area contributed by atoms with E-state index in [1.807, 2.05) is 0 Å². The van der Waals surface area contributed by atoms with Crippen LogP contribution in [0.15, 0.2) is 53.7 Å². The minimum Gasteiger partial charge on any atom is -0.351 e. The highest BCUT2D eigenvalue weighted by molar-refractivity contribution is 7.89. The summed E-state index contributed by atoms with van der Waals surface area (Å²) in [7, 11) is -4.40. The normalized spacial score (nSPS) is 18.5. The van der Waals surface area contributed by atoms with Crippen LogP contribution in [0.25, 0.3) is 11.1 Å². The molecule has 1 fully saturated rings. The molecule has 1 amide bonds. The Morgan fingerprint density at radius 3 is 2.26 bits per heavy atom. The lowest BCUT2D eigenvalue weighted by Gasteiger charge is -2.23. The van der Waals surface area contributed by atoms with Crippen molar-refractivity contribution in [2.24, 2.45) is 0 Å². The first kappa shape index (κ1) is 27.4. The van der Waals surface area contributed by atoms with Gasteiger partial charge in [0.2, 0.25) is 21.8 Å². The average Bonchev–Trinajstić information content (AvgIpc) is 3.27. The Bertz CT molecular complexity index is 1450. The topological polar surface area (TPSA) is 92.3 Å². The van der Waals surface area contributed by atoms with Gasteiger partial charge in [-0.1, -0.05) is 0 Å². The number of hydrogen-bond donors (Lipinski definition) is 1. The van der Waals surface area contributed by atoms with Crippen LogP contribution in [0.4, 0.5) is 30.7 Å². The fourth-order valence-electron chi connectivity index (χ4n) is 3.87. The van der Waals surface area contributed by atoms with Gasteiger partial charge in [0.05, 0.1) is 4.90 Å². The van der Waals surface area contributed by atoms with Crippen molar-refractivity contribution >= 4 is 15.9 Å². The summed E-state index contributed by atoms with van der Waals surface area (Å²) in [4.78, 5) is 18.8. The highest BCUT2D eigenvalue weighted by Gasteiger charge is 2.44. The van der Waals surface area contributed by atoms with Gasteiger partial charge in [0.15, 0.2) is 11.6 Å². The largest absolute Gasteiger partial charge is 0.451 e. The molecule has 3 aromatic rings. The monoisotopic (exact) mass is 562 g/mol. The number of halogens is 7. The zero-order chi connectivity index (χ0) is 27.8. The maximum absolute atomic E-state index is 14.4. The fraction of sp³-hybridized carbons (Fsp3) is 0.261. The maximum Gasteiger partial charge on any atom is 0.451 e. The standard InChI is InChI=1S/C23H17F7N4O3S/c24-15-1-3-17(4-2-15)38(36,37)34-11-16(25)7-19(34)21(35)31-8-13-5-12(6-18(26)20(13)27)14-9-32-22(33-10-14)23(28,29)30/h1-6,9-10,16,19H,7-8,11H2,(H,31,35)/t16-,19+/m1/s1. The molecule has 1 N–H and O–H groups in total. The summed E-state index contributed by atoms with van der Waals surface area (Å²) < 4.78 is 121. The number of carbonyl (C=O) groups is 1. The van der Waals surface area contributed by atoms with E-state index in [4.69, 9.17) is 0 Å². The summed E-state index contributed by atoms with van der Waals surface area (Å²) >= 11 is 0. The molecule has 0 bridgehead atoms. The Kier molecular flexibility index (Phi) is 7.43. The average molecular weight is 562 g/mol. The first-order valence-electron chi connectivity index (χ1n) is 10.8. The van der Waals surface area contributed by atoms with Crippen molar-refractivity contribution in [2.75, 3.05) is 6.54 Å². The van der Waals surface area contributed by atoms with Crippen molar-refractivity contribution in [3.63, 3.8) is 0 Å². The number of rotatable bonds is 6. The smallest absolute Gasteiger partial charge is 0.351 e. The SMILES string of the molecule is O=C(NCc1cc(-c2cnc(C(F)(F)F)nc2)cc(F)c1F)[C@@H]1C[C@@H](F)CN1S(=O)(=O)c1ccc(F)cc1. The Morgan fingerprint density at radius 1 is 1.03 bits per heavy atom. The predicted octanol–water partition coefficient (Wildman–Crippen LogP) is 4.00. The number of benzene rings is 2. The van der Waals surface area contributed by atoms with Crippen LogP contribution in [0.5, 0.6) is 0 Å². The van der Waals surface area contributed by atoms with Crippen LogP contribution in [-0.2, 0) is 27.5 Å². The molecule has 7 nitrogen and oxygen atoms in total. The summed E-state index contributed by atoms with van der Waals surface area (Å²) in [5.74, 6) is -5.88. The molecule has 202 valence electrons. The number of nitrogens with one attached hydrogen (secondary N) is 1.